The second-order valence-electron chi connectivity index (χ2n) is 5.91. The molecule has 0 amide bonds. The van der Waals surface area contributed by atoms with E-state index >= 15 is 0 Å². The first kappa shape index (κ1) is 22.3. The molecule has 1 aromatic heterocycles. The Kier molecular flexibility index (Phi) is 6.57. The lowest BCUT2D eigenvalue weighted by Gasteiger charge is -2.15. The summed E-state index contributed by atoms with van der Waals surface area (Å²) in [4.78, 5) is 14.2. The fraction of sp³-hybridized carbons (Fsp3) is 0.294. The minimum absolute atomic E-state index is 0.00246. The van der Waals surface area contributed by atoms with Gasteiger partial charge in [0.05, 0.1) is 16.8 Å². The standard InChI is InChI=1S/C17H17F3N2O6S/c1-10-3-5-13(11(2)16(10)27-8-15(23)24)29(25,26)22-12-4-6-14(21-7-12)28-9-17(18,19)20/h3-7,22H,8-9H2,1-2H3,(H,23,24). The number of alkyl halides is 3. The van der Waals surface area contributed by atoms with Gasteiger partial charge in [-0.1, -0.05) is 6.07 Å². The first-order valence-electron chi connectivity index (χ1n) is 8.02. The van der Waals surface area contributed by atoms with Crippen molar-refractivity contribution in [1.29, 1.82) is 0 Å². The number of aliphatic carboxylic acids is 1. The van der Waals surface area contributed by atoms with E-state index in [0.29, 0.717) is 5.56 Å². The number of aromatic nitrogens is 1. The minimum atomic E-state index is -4.52. The van der Waals surface area contributed by atoms with Gasteiger partial charge < -0.3 is 14.6 Å². The number of sulfonamides is 1. The Balaban J connectivity index is 2.21. The molecule has 0 unspecified atom stereocenters. The second kappa shape index (κ2) is 8.55. The third kappa shape index (κ3) is 6.24. The summed E-state index contributed by atoms with van der Waals surface area (Å²) in [6.07, 6.45) is -3.51. The van der Waals surface area contributed by atoms with Crippen LogP contribution >= 0.6 is 0 Å². The molecule has 2 N–H and O–H groups in total. The number of ether oxygens (including phenoxy) is 2. The molecule has 12 heteroatoms. The van der Waals surface area contributed by atoms with Crippen LogP contribution < -0.4 is 14.2 Å². The van der Waals surface area contributed by atoms with Crippen molar-refractivity contribution in [2.75, 3.05) is 17.9 Å². The van der Waals surface area contributed by atoms with Crippen LogP contribution in [0.4, 0.5) is 18.9 Å². The van der Waals surface area contributed by atoms with Gasteiger partial charge in [0.1, 0.15) is 5.75 Å². The summed E-state index contributed by atoms with van der Waals surface area (Å²) >= 11 is 0. The van der Waals surface area contributed by atoms with E-state index in [9.17, 15) is 26.4 Å². The number of benzene rings is 1. The van der Waals surface area contributed by atoms with E-state index in [-0.39, 0.29) is 27.8 Å². The number of aryl methyl sites for hydroxylation is 1. The number of hydrogen-bond acceptors (Lipinski definition) is 6. The van der Waals surface area contributed by atoms with Gasteiger partial charge >= 0.3 is 12.1 Å². The van der Waals surface area contributed by atoms with Crippen LogP contribution in [0.5, 0.6) is 11.6 Å². The summed E-state index contributed by atoms with van der Waals surface area (Å²) < 4.78 is 73.7. The Hall–Kier alpha value is -3.02. The summed E-state index contributed by atoms with van der Waals surface area (Å²) in [6.45, 7) is 0.942. The van der Waals surface area contributed by atoms with Crippen molar-refractivity contribution in [2.45, 2.75) is 24.9 Å². The van der Waals surface area contributed by atoms with E-state index in [1.807, 2.05) is 0 Å². The fourth-order valence-corrected chi connectivity index (χ4v) is 3.63. The van der Waals surface area contributed by atoms with Gasteiger partial charge in [0, 0.05) is 11.6 Å². The van der Waals surface area contributed by atoms with E-state index in [1.54, 1.807) is 6.92 Å². The maximum Gasteiger partial charge on any atom is 0.422 e. The van der Waals surface area contributed by atoms with Gasteiger partial charge in [-0.15, -0.1) is 0 Å². The highest BCUT2D eigenvalue weighted by Gasteiger charge is 2.28. The van der Waals surface area contributed by atoms with Crippen molar-refractivity contribution < 1.29 is 41.0 Å². The van der Waals surface area contributed by atoms with Crippen LogP contribution in [0.2, 0.25) is 0 Å². The van der Waals surface area contributed by atoms with Gasteiger partial charge in [-0.05, 0) is 31.5 Å². The molecule has 8 nitrogen and oxygen atoms in total. The van der Waals surface area contributed by atoms with Crippen LogP contribution in [0, 0.1) is 13.8 Å². The fourth-order valence-electron chi connectivity index (χ4n) is 2.35. The molecule has 2 aromatic rings. The molecule has 0 bridgehead atoms. The number of carboxylic acids is 1. The number of rotatable bonds is 8. The molecule has 0 saturated carbocycles. The van der Waals surface area contributed by atoms with Gasteiger partial charge in [-0.2, -0.15) is 13.2 Å². The van der Waals surface area contributed by atoms with Crippen molar-refractivity contribution in [3.63, 3.8) is 0 Å². The first-order chi connectivity index (χ1) is 13.4. The van der Waals surface area contributed by atoms with Gasteiger partial charge in [0.2, 0.25) is 5.88 Å². The third-order valence-corrected chi connectivity index (χ3v) is 5.08. The zero-order valence-electron chi connectivity index (χ0n) is 15.3. The number of anilines is 1. The first-order valence-corrected chi connectivity index (χ1v) is 9.50. The van der Waals surface area contributed by atoms with Crippen molar-refractivity contribution in [1.82, 2.24) is 4.98 Å². The Morgan fingerprint density at radius 3 is 2.41 bits per heavy atom. The molecule has 158 valence electrons. The summed E-state index contributed by atoms with van der Waals surface area (Å²) in [5, 5.41) is 8.75. The molecule has 0 fully saturated rings. The van der Waals surface area contributed by atoms with Crippen LogP contribution in [-0.4, -0.2) is 43.9 Å². The Labute approximate surface area is 164 Å². The maximum atomic E-state index is 12.7. The van der Waals surface area contributed by atoms with Crippen LogP contribution in [0.1, 0.15) is 11.1 Å². The van der Waals surface area contributed by atoms with Crippen LogP contribution in [0.3, 0.4) is 0 Å². The number of halogens is 3. The summed E-state index contributed by atoms with van der Waals surface area (Å²) in [7, 11) is -4.11. The summed E-state index contributed by atoms with van der Waals surface area (Å²) in [5.41, 5.74) is 0.754. The monoisotopic (exact) mass is 434 g/mol. The molecular formula is C17H17F3N2O6S. The van der Waals surface area contributed by atoms with Crippen LogP contribution in [-0.2, 0) is 14.8 Å². The molecule has 0 spiro atoms. The third-order valence-electron chi connectivity index (χ3n) is 3.55. The molecule has 0 radical (unpaired) electrons. The zero-order chi connectivity index (χ0) is 21.8. The highest BCUT2D eigenvalue weighted by molar-refractivity contribution is 7.92. The molecule has 1 heterocycles. The maximum absolute atomic E-state index is 12.7. The van der Waals surface area contributed by atoms with E-state index in [4.69, 9.17) is 9.84 Å². The van der Waals surface area contributed by atoms with Crippen molar-refractivity contribution in [2.24, 2.45) is 0 Å². The van der Waals surface area contributed by atoms with Crippen molar-refractivity contribution >= 4 is 21.7 Å². The molecule has 0 atom stereocenters. The van der Waals surface area contributed by atoms with E-state index < -0.39 is 35.4 Å². The van der Waals surface area contributed by atoms with E-state index in [1.165, 1.54) is 25.1 Å². The molecule has 29 heavy (non-hydrogen) atoms. The molecule has 0 aliphatic heterocycles. The zero-order valence-corrected chi connectivity index (χ0v) is 16.1. The van der Waals surface area contributed by atoms with Gasteiger partial charge in [0.25, 0.3) is 10.0 Å². The van der Waals surface area contributed by atoms with E-state index in [0.717, 1.165) is 12.3 Å². The Morgan fingerprint density at radius 1 is 1.17 bits per heavy atom. The Morgan fingerprint density at radius 2 is 1.86 bits per heavy atom. The lowest BCUT2D eigenvalue weighted by atomic mass is 10.1. The molecule has 1 aromatic carbocycles. The van der Waals surface area contributed by atoms with Crippen LogP contribution in [0.15, 0.2) is 35.4 Å². The summed E-state index contributed by atoms with van der Waals surface area (Å²) in [6, 6.07) is 5.08. The van der Waals surface area contributed by atoms with E-state index in [2.05, 4.69) is 14.4 Å². The second-order valence-corrected chi connectivity index (χ2v) is 7.56. The summed E-state index contributed by atoms with van der Waals surface area (Å²) in [5.74, 6) is -1.40. The van der Waals surface area contributed by atoms with Crippen molar-refractivity contribution in [3.05, 3.63) is 41.6 Å². The van der Waals surface area contributed by atoms with Gasteiger partial charge in [0.15, 0.2) is 13.2 Å². The lowest BCUT2D eigenvalue weighted by molar-refractivity contribution is -0.154. The predicted molar refractivity (Wildman–Crippen MR) is 95.6 cm³/mol. The van der Waals surface area contributed by atoms with Gasteiger partial charge in [-0.3, -0.25) is 4.72 Å². The molecule has 2 rings (SSSR count). The molecule has 0 aliphatic carbocycles. The molecule has 0 aliphatic rings. The molecule has 0 saturated heterocycles. The number of nitrogens with one attached hydrogen (secondary N) is 1. The normalized spacial score (nSPS) is 11.8. The minimum Gasteiger partial charge on any atom is -0.481 e. The largest absolute Gasteiger partial charge is 0.481 e. The number of pyridine rings is 1. The average molecular weight is 434 g/mol. The SMILES string of the molecule is Cc1ccc(S(=O)(=O)Nc2ccc(OCC(F)(F)F)nc2)c(C)c1OCC(=O)O. The lowest BCUT2D eigenvalue weighted by Crippen LogP contribution is -2.19. The highest BCUT2D eigenvalue weighted by atomic mass is 32.2. The number of hydrogen-bond donors (Lipinski definition) is 2. The van der Waals surface area contributed by atoms with Crippen LogP contribution in [0.25, 0.3) is 0 Å². The molecular weight excluding hydrogens is 417 g/mol. The van der Waals surface area contributed by atoms with Crippen molar-refractivity contribution in [3.8, 4) is 11.6 Å². The smallest absolute Gasteiger partial charge is 0.422 e. The Bertz CT molecular complexity index is 991. The topological polar surface area (TPSA) is 115 Å². The number of carboxylic acid groups (broad SMARTS) is 1. The predicted octanol–water partition coefficient (Wildman–Crippen LogP) is 2.90. The van der Waals surface area contributed by atoms with Gasteiger partial charge in [-0.25, -0.2) is 18.2 Å². The average Bonchev–Trinajstić information content (AvgIpc) is 2.59. The number of carbonyl (C=O) groups is 1. The quantitative estimate of drug-likeness (QED) is 0.657. The highest BCUT2D eigenvalue weighted by Crippen LogP contribution is 2.30. The number of nitrogens with zero attached hydrogens (tertiary/aromatic N) is 1.